The third-order valence-corrected chi connectivity index (χ3v) is 1.88. The molecule has 0 saturated heterocycles. The van der Waals surface area contributed by atoms with Gasteiger partial charge in [0.1, 0.15) is 5.60 Å². The molecule has 65 valence electrons. The van der Waals surface area contributed by atoms with Crippen LogP contribution in [0.1, 0.15) is 39.5 Å². The van der Waals surface area contributed by atoms with E-state index in [1.54, 1.807) is 7.11 Å². The number of carbonyl (C=O) groups excluding carboxylic acids is 1. The first kappa shape index (κ1) is 10.6. The first-order chi connectivity index (χ1) is 5.24. The highest BCUT2D eigenvalue weighted by Crippen LogP contribution is 2.20. The summed E-state index contributed by atoms with van der Waals surface area (Å²) in [4.78, 5) is 10.6. The zero-order valence-corrected chi connectivity index (χ0v) is 7.64. The first-order valence-electron chi connectivity index (χ1n) is 4.19. The van der Waals surface area contributed by atoms with Crippen molar-refractivity contribution in [2.45, 2.75) is 45.1 Å². The van der Waals surface area contributed by atoms with Gasteiger partial charge in [0.25, 0.3) is 0 Å². The number of rotatable bonds is 6. The molecule has 0 unspecified atom stereocenters. The van der Waals surface area contributed by atoms with Crippen molar-refractivity contribution in [1.29, 1.82) is 0 Å². The van der Waals surface area contributed by atoms with Gasteiger partial charge >= 0.3 is 0 Å². The molecule has 11 heavy (non-hydrogen) atoms. The summed E-state index contributed by atoms with van der Waals surface area (Å²) >= 11 is 0. The molecule has 0 N–H and O–H groups in total. The molecule has 0 aliphatic carbocycles. The molecule has 0 atom stereocenters. The van der Waals surface area contributed by atoms with Gasteiger partial charge in [-0.15, -0.1) is 0 Å². The molecule has 1 radical (unpaired) electrons. The number of hydrogen-bond donors (Lipinski definition) is 0. The molecule has 2 nitrogen and oxygen atoms in total. The van der Waals surface area contributed by atoms with Crippen LogP contribution in [0.25, 0.3) is 0 Å². The van der Waals surface area contributed by atoms with Gasteiger partial charge in [-0.2, -0.15) is 0 Å². The normalized spacial score (nSPS) is 11.5. The highest BCUT2D eigenvalue weighted by atomic mass is 16.5. The van der Waals surface area contributed by atoms with E-state index < -0.39 is 5.60 Å². The molecule has 0 fully saturated rings. The maximum Gasteiger partial charge on any atom is 0.233 e. The fraction of sp³-hybridized carbons (Fsp3) is 0.889. The molecule has 0 aromatic heterocycles. The highest BCUT2D eigenvalue weighted by molar-refractivity contribution is 5.63. The molecule has 0 amide bonds. The predicted molar refractivity (Wildman–Crippen MR) is 45.2 cm³/mol. The molecule has 0 aliphatic heterocycles. The van der Waals surface area contributed by atoms with Gasteiger partial charge in [-0.25, -0.2) is 0 Å². The van der Waals surface area contributed by atoms with Gasteiger partial charge in [0.2, 0.25) is 6.29 Å². The van der Waals surface area contributed by atoms with Crippen molar-refractivity contribution >= 4 is 6.29 Å². The van der Waals surface area contributed by atoms with Gasteiger partial charge in [0, 0.05) is 7.11 Å². The largest absolute Gasteiger partial charge is 0.370 e. The van der Waals surface area contributed by atoms with Gasteiger partial charge in [0.15, 0.2) is 0 Å². The monoisotopic (exact) mass is 157 g/mol. The summed E-state index contributed by atoms with van der Waals surface area (Å²) in [5.74, 6) is 0. The van der Waals surface area contributed by atoms with Gasteiger partial charge in [-0.3, -0.25) is 4.79 Å². The van der Waals surface area contributed by atoms with Crippen molar-refractivity contribution in [3.63, 3.8) is 0 Å². The van der Waals surface area contributed by atoms with Gasteiger partial charge in [-0.05, 0) is 12.8 Å². The van der Waals surface area contributed by atoms with Gasteiger partial charge in [-0.1, -0.05) is 26.7 Å². The average Bonchev–Trinajstić information content (AvgIpc) is 2.04. The van der Waals surface area contributed by atoms with Crippen LogP contribution >= 0.6 is 0 Å². The van der Waals surface area contributed by atoms with Crippen molar-refractivity contribution in [3.05, 3.63) is 0 Å². The van der Waals surface area contributed by atoms with E-state index in [1.807, 2.05) is 20.1 Å². The third kappa shape index (κ3) is 3.02. The van der Waals surface area contributed by atoms with Crippen molar-refractivity contribution in [2.75, 3.05) is 7.11 Å². The standard InChI is InChI=1S/C9H17O2/c1-4-6-9(8-10,11-3)7-5-2/h4-7H2,1-3H3. The molecular weight excluding hydrogens is 140 g/mol. The zero-order chi connectivity index (χ0) is 8.74. The topological polar surface area (TPSA) is 26.3 Å². The number of methoxy groups -OCH3 is 1. The summed E-state index contributed by atoms with van der Waals surface area (Å²) in [7, 11) is 1.58. The van der Waals surface area contributed by atoms with Gasteiger partial charge in [0.05, 0.1) is 0 Å². The van der Waals surface area contributed by atoms with Gasteiger partial charge < -0.3 is 4.74 Å². The Hall–Kier alpha value is -0.370. The molecular formula is C9H17O2. The lowest BCUT2D eigenvalue weighted by molar-refractivity contribution is 0.0320. The minimum atomic E-state index is -0.622. The fourth-order valence-electron chi connectivity index (χ4n) is 1.28. The summed E-state index contributed by atoms with van der Waals surface area (Å²) in [5, 5.41) is 0. The van der Waals surface area contributed by atoms with Crippen molar-refractivity contribution in [3.8, 4) is 0 Å². The minimum absolute atomic E-state index is 0.622. The summed E-state index contributed by atoms with van der Waals surface area (Å²) in [5.41, 5.74) is -0.622. The molecule has 0 spiro atoms. The Morgan fingerprint density at radius 3 is 1.91 bits per heavy atom. The van der Waals surface area contributed by atoms with E-state index in [2.05, 4.69) is 0 Å². The molecule has 2 heteroatoms. The van der Waals surface area contributed by atoms with Crippen LogP contribution in [0, 0.1) is 0 Å². The van der Waals surface area contributed by atoms with Crippen molar-refractivity contribution in [1.82, 2.24) is 0 Å². The second kappa shape index (κ2) is 5.30. The molecule has 0 rings (SSSR count). The third-order valence-electron chi connectivity index (χ3n) is 1.88. The van der Waals surface area contributed by atoms with E-state index in [4.69, 9.17) is 4.74 Å². The number of ether oxygens (including phenoxy) is 1. The fourth-order valence-corrected chi connectivity index (χ4v) is 1.28. The smallest absolute Gasteiger partial charge is 0.233 e. The summed E-state index contributed by atoms with van der Waals surface area (Å²) in [6.45, 7) is 4.08. The lowest BCUT2D eigenvalue weighted by atomic mass is 9.94. The van der Waals surface area contributed by atoms with Crippen LogP contribution in [0.15, 0.2) is 0 Å². The summed E-state index contributed by atoms with van der Waals surface area (Å²) in [6, 6.07) is 0. The Morgan fingerprint density at radius 2 is 1.73 bits per heavy atom. The lowest BCUT2D eigenvalue weighted by Crippen LogP contribution is -2.32. The molecule has 0 saturated carbocycles. The van der Waals surface area contributed by atoms with E-state index in [1.165, 1.54) is 0 Å². The van der Waals surface area contributed by atoms with Crippen LogP contribution in [0.2, 0.25) is 0 Å². The first-order valence-corrected chi connectivity index (χ1v) is 4.19. The van der Waals surface area contributed by atoms with Crippen molar-refractivity contribution in [2.24, 2.45) is 0 Å². The minimum Gasteiger partial charge on any atom is -0.370 e. The second-order valence-corrected chi connectivity index (χ2v) is 2.80. The molecule has 0 aliphatic rings. The van der Waals surface area contributed by atoms with Crippen molar-refractivity contribution < 1.29 is 9.53 Å². The van der Waals surface area contributed by atoms with Crippen LogP contribution in [-0.4, -0.2) is 19.0 Å². The highest BCUT2D eigenvalue weighted by Gasteiger charge is 2.27. The molecule has 0 aromatic rings. The maximum absolute atomic E-state index is 10.6. The summed E-state index contributed by atoms with van der Waals surface area (Å²) < 4.78 is 5.14. The Bertz CT molecular complexity index is 104. The van der Waals surface area contributed by atoms with E-state index in [9.17, 15) is 4.79 Å². The Kier molecular flexibility index (Phi) is 5.12. The van der Waals surface area contributed by atoms with E-state index >= 15 is 0 Å². The van der Waals surface area contributed by atoms with Crippen LogP contribution < -0.4 is 0 Å². The zero-order valence-electron chi connectivity index (χ0n) is 7.64. The van der Waals surface area contributed by atoms with Crippen LogP contribution in [0.3, 0.4) is 0 Å². The predicted octanol–water partition coefficient (Wildman–Crippen LogP) is 2.08. The molecule has 0 heterocycles. The Balaban J connectivity index is 4.07. The van der Waals surface area contributed by atoms with E-state index in [-0.39, 0.29) is 0 Å². The molecule has 0 aromatic carbocycles. The molecule has 0 bridgehead atoms. The summed E-state index contributed by atoms with van der Waals surface area (Å²) in [6.07, 6.45) is 5.47. The van der Waals surface area contributed by atoms with E-state index in [0.29, 0.717) is 0 Å². The quantitative estimate of drug-likeness (QED) is 0.590. The second-order valence-electron chi connectivity index (χ2n) is 2.80. The van der Waals surface area contributed by atoms with Crippen LogP contribution in [-0.2, 0) is 9.53 Å². The SMILES string of the molecule is CCCC([C]=O)(CCC)OC. The lowest BCUT2D eigenvalue weighted by Gasteiger charge is -2.24. The Morgan fingerprint density at radius 1 is 1.27 bits per heavy atom. The number of hydrogen-bond acceptors (Lipinski definition) is 2. The van der Waals surface area contributed by atoms with Crippen LogP contribution in [0.4, 0.5) is 0 Å². The van der Waals surface area contributed by atoms with E-state index in [0.717, 1.165) is 25.7 Å². The average molecular weight is 157 g/mol. The van der Waals surface area contributed by atoms with Crippen LogP contribution in [0.5, 0.6) is 0 Å². The Labute approximate surface area is 68.9 Å². The maximum atomic E-state index is 10.6.